The van der Waals surface area contributed by atoms with Crippen molar-refractivity contribution < 1.29 is 0 Å². The molecule has 2 aromatic heterocycles. The number of pyridine rings is 1. The predicted octanol–water partition coefficient (Wildman–Crippen LogP) is 3.92. The fraction of sp³-hybridized carbons (Fsp3) is 0.200. The molecule has 0 atom stereocenters. The summed E-state index contributed by atoms with van der Waals surface area (Å²) in [5.74, 6) is 0. The molecule has 3 nitrogen and oxygen atoms in total. The SMILES string of the molecule is Cc1ccc2sc(NCc3cccnc3)nc2c1C. The smallest absolute Gasteiger partial charge is 0.184 e. The maximum absolute atomic E-state index is 4.68. The van der Waals surface area contributed by atoms with Crippen molar-refractivity contribution >= 4 is 26.7 Å². The van der Waals surface area contributed by atoms with E-state index in [1.807, 2.05) is 12.3 Å². The van der Waals surface area contributed by atoms with Gasteiger partial charge in [0.25, 0.3) is 0 Å². The molecule has 2 heterocycles. The lowest BCUT2D eigenvalue weighted by molar-refractivity contribution is 1.11. The highest BCUT2D eigenvalue weighted by atomic mass is 32.1. The second kappa shape index (κ2) is 4.97. The van der Waals surface area contributed by atoms with Gasteiger partial charge in [0, 0.05) is 18.9 Å². The molecule has 0 fully saturated rings. The van der Waals surface area contributed by atoms with Crippen LogP contribution in [-0.4, -0.2) is 9.97 Å². The van der Waals surface area contributed by atoms with Crippen molar-refractivity contribution in [3.05, 3.63) is 53.3 Å². The Morgan fingerprint density at radius 3 is 2.89 bits per heavy atom. The van der Waals surface area contributed by atoms with Crippen LogP contribution in [0.25, 0.3) is 10.2 Å². The van der Waals surface area contributed by atoms with Gasteiger partial charge in [0.15, 0.2) is 5.13 Å². The second-order valence-corrected chi connectivity index (χ2v) is 5.62. The van der Waals surface area contributed by atoms with Crippen molar-refractivity contribution in [3.63, 3.8) is 0 Å². The first kappa shape index (κ1) is 12.1. The molecular weight excluding hydrogens is 254 g/mol. The van der Waals surface area contributed by atoms with Crippen LogP contribution >= 0.6 is 11.3 Å². The number of aryl methyl sites for hydroxylation is 2. The molecule has 0 spiro atoms. The van der Waals surface area contributed by atoms with Gasteiger partial charge in [-0.15, -0.1) is 0 Å². The van der Waals surface area contributed by atoms with Crippen molar-refractivity contribution in [2.75, 3.05) is 5.32 Å². The van der Waals surface area contributed by atoms with Gasteiger partial charge in [0.05, 0.1) is 10.2 Å². The van der Waals surface area contributed by atoms with E-state index in [1.165, 1.54) is 15.8 Å². The van der Waals surface area contributed by atoms with Gasteiger partial charge in [-0.2, -0.15) is 0 Å². The van der Waals surface area contributed by atoms with Crippen LogP contribution in [0.5, 0.6) is 0 Å². The van der Waals surface area contributed by atoms with Gasteiger partial charge in [-0.3, -0.25) is 4.98 Å². The van der Waals surface area contributed by atoms with E-state index in [0.717, 1.165) is 22.8 Å². The summed E-state index contributed by atoms with van der Waals surface area (Å²) in [5.41, 5.74) is 4.83. The van der Waals surface area contributed by atoms with E-state index in [2.05, 4.69) is 47.3 Å². The molecular formula is C15H15N3S. The summed E-state index contributed by atoms with van der Waals surface area (Å²) in [6.45, 7) is 5.00. The number of nitrogens with zero attached hydrogens (tertiary/aromatic N) is 2. The van der Waals surface area contributed by atoms with Crippen LogP contribution in [0.15, 0.2) is 36.7 Å². The zero-order valence-electron chi connectivity index (χ0n) is 11.0. The number of hydrogen-bond acceptors (Lipinski definition) is 4. The number of aromatic nitrogens is 2. The Balaban J connectivity index is 1.84. The van der Waals surface area contributed by atoms with Crippen molar-refractivity contribution in [1.82, 2.24) is 9.97 Å². The lowest BCUT2D eigenvalue weighted by Gasteiger charge is -2.01. The lowest BCUT2D eigenvalue weighted by atomic mass is 10.1. The third kappa shape index (κ3) is 2.44. The molecule has 0 radical (unpaired) electrons. The number of fused-ring (bicyclic) bond motifs is 1. The van der Waals surface area contributed by atoms with Crippen LogP contribution in [0.4, 0.5) is 5.13 Å². The normalized spacial score (nSPS) is 10.8. The average Bonchev–Trinajstić information content (AvgIpc) is 2.86. The number of nitrogens with one attached hydrogen (secondary N) is 1. The van der Waals surface area contributed by atoms with Gasteiger partial charge < -0.3 is 5.32 Å². The highest BCUT2D eigenvalue weighted by Crippen LogP contribution is 2.29. The Hall–Kier alpha value is -1.94. The monoisotopic (exact) mass is 269 g/mol. The molecule has 19 heavy (non-hydrogen) atoms. The van der Waals surface area contributed by atoms with Crippen LogP contribution in [0.2, 0.25) is 0 Å². The first-order valence-corrected chi connectivity index (χ1v) is 7.05. The maximum Gasteiger partial charge on any atom is 0.184 e. The fourth-order valence-electron chi connectivity index (χ4n) is 1.98. The van der Waals surface area contributed by atoms with E-state index in [4.69, 9.17) is 0 Å². The van der Waals surface area contributed by atoms with Gasteiger partial charge in [0.2, 0.25) is 0 Å². The van der Waals surface area contributed by atoms with Crippen molar-refractivity contribution in [2.24, 2.45) is 0 Å². The molecule has 3 aromatic rings. The molecule has 0 aliphatic carbocycles. The Morgan fingerprint density at radius 2 is 2.11 bits per heavy atom. The van der Waals surface area contributed by atoms with Gasteiger partial charge in [-0.1, -0.05) is 23.5 Å². The number of thiazole rings is 1. The number of hydrogen-bond donors (Lipinski definition) is 1. The summed E-state index contributed by atoms with van der Waals surface area (Å²) >= 11 is 1.70. The van der Waals surface area contributed by atoms with E-state index in [0.29, 0.717) is 0 Å². The van der Waals surface area contributed by atoms with Crippen LogP contribution in [0.3, 0.4) is 0 Å². The fourth-order valence-corrected chi connectivity index (χ4v) is 2.90. The maximum atomic E-state index is 4.68. The number of rotatable bonds is 3. The zero-order chi connectivity index (χ0) is 13.2. The lowest BCUT2D eigenvalue weighted by Crippen LogP contribution is -1.98. The van der Waals surface area contributed by atoms with Crippen LogP contribution < -0.4 is 5.32 Å². The summed E-state index contributed by atoms with van der Waals surface area (Å²) in [5, 5.41) is 4.33. The van der Waals surface area contributed by atoms with E-state index in [9.17, 15) is 0 Å². The van der Waals surface area contributed by atoms with Gasteiger partial charge >= 0.3 is 0 Å². The zero-order valence-corrected chi connectivity index (χ0v) is 11.8. The largest absolute Gasteiger partial charge is 0.357 e. The van der Waals surface area contributed by atoms with Gasteiger partial charge in [0.1, 0.15) is 0 Å². The molecule has 1 aromatic carbocycles. The predicted molar refractivity (Wildman–Crippen MR) is 80.7 cm³/mol. The Bertz CT molecular complexity index is 704. The molecule has 3 rings (SSSR count). The number of anilines is 1. The first-order chi connectivity index (χ1) is 9.24. The van der Waals surface area contributed by atoms with Gasteiger partial charge in [-0.05, 0) is 42.7 Å². The third-order valence-electron chi connectivity index (χ3n) is 3.25. The van der Waals surface area contributed by atoms with Crippen molar-refractivity contribution in [2.45, 2.75) is 20.4 Å². The van der Waals surface area contributed by atoms with Crippen LogP contribution in [0, 0.1) is 13.8 Å². The Morgan fingerprint density at radius 1 is 1.21 bits per heavy atom. The molecule has 96 valence electrons. The molecule has 0 aliphatic heterocycles. The van der Waals surface area contributed by atoms with E-state index in [1.54, 1.807) is 17.5 Å². The molecule has 1 N–H and O–H groups in total. The average molecular weight is 269 g/mol. The number of benzene rings is 1. The minimum absolute atomic E-state index is 0.756. The van der Waals surface area contributed by atoms with Crippen molar-refractivity contribution in [3.8, 4) is 0 Å². The molecule has 4 heteroatoms. The van der Waals surface area contributed by atoms with E-state index >= 15 is 0 Å². The summed E-state index contributed by atoms with van der Waals surface area (Å²) in [6.07, 6.45) is 3.66. The topological polar surface area (TPSA) is 37.8 Å². The Labute approximate surface area is 116 Å². The molecule has 0 aliphatic rings. The standard InChI is InChI=1S/C15H15N3S/c1-10-5-6-13-14(11(10)2)18-15(19-13)17-9-12-4-3-7-16-8-12/h3-8H,9H2,1-2H3,(H,17,18). The highest BCUT2D eigenvalue weighted by Gasteiger charge is 2.07. The van der Waals surface area contributed by atoms with E-state index < -0.39 is 0 Å². The summed E-state index contributed by atoms with van der Waals surface area (Å²) in [4.78, 5) is 8.78. The first-order valence-electron chi connectivity index (χ1n) is 6.23. The molecule has 0 saturated carbocycles. The summed E-state index contributed by atoms with van der Waals surface area (Å²) in [6, 6.07) is 8.30. The van der Waals surface area contributed by atoms with E-state index in [-0.39, 0.29) is 0 Å². The molecule has 0 amide bonds. The minimum atomic E-state index is 0.756. The molecule has 0 unspecified atom stereocenters. The Kier molecular flexibility index (Phi) is 3.17. The van der Waals surface area contributed by atoms with Crippen molar-refractivity contribution in [1.29, 1.82) is 0 Å². The quantitative estimate of drug-likeness (QED) is 0.783. The molecule has 0 bridgehead atoms. The van der Waals surface area contributed by atoms with Gasteiger partial charge in [-0.25, -0.2) is 4.98 Å². The molecule has 0 saturated heterocycles. The summed E-state index contributed by atoms with van der Waals surface area (Å²) in [7, 11) is 0. The van der Waals surface area contributed by atoms with Crippen LogP contribution in [-0.2, 0) is 6.54 Å². The summed E-state index contributed by atoms with van der Waals surface area (Å²) < 4.78 is 1.23. The minimum Gasteiger partial charge on any atom is -0.357 e. The highest BCUT2D eigenvalue weighted by molar-refractivity contribution is 7.22. The third-order valence-corrected chi connectivity index (χ3v) is 4.23. The second-order valence-electron chi connectivity index (χ2n) is 4.59. The van der Waals surface area contributed by atoms with Crippen LogP contribution in [0.1, 0.15) is 16.7 Å².